The highest BCUT2D eigenvalue weighted by atomic mass is 19.1. The van der Waals surface area contributed by atoms with Crippen LogP contribution in [0.5, 0.6) is 0 Å². The van der Waals surface area contributed by atoms with Gasteiger partial charge in [0.25, 0.3) is 0 Å². The lowest BCUT2D eigenvalue weighted by molar-refractivity contribution is 0.576. The van der Waals surface area contributed by atoms with Crippen LogP contribution in [0, 0.1) is 19.7 Å². The summed E-state index contributed by atoms with van der Waals surface area (Å²) >= 11 is 0. The second-order valence-electron chi connectivity index (χ2n) is 5.03. The molecular weight excluding hydrogens is 255 g/mol. The van der Waals surface area contributed by atoms with E-state index in [2.05, 4.69) is 22.3 Å². The zero-order chi connectivity index (χ0) is 14.7. The van der Waals surface area contributed by atoms with Gasteiger partial charge in [-0.15, -0.1) is 0 Å². The van der Waals surface area contributed by atoms with Crippen molar-refractivity contribution in [2.45, 2.75) is 33.2 Å². The van der Waals surface area contributed by atoms with Crippen molar-refractivity contribution in [3.05, 3.63) is 46.8 Å². The molecule has 1 N–H and O–H groups in total. The van der Waals surface area contributed by atoms with Crippen LogP contribution in [-0.4, -0.2) is 21.3 Å². The average Bonchev–Trinajstić information content (AvgIpc) is 2.66. The van der Waals surface area contributed by atoms with E-state index in [1.807, 2.05) is 25.6 Å². The first-order chi connectivity index (χ1) is 9.54. The van der Waals surface area contributed by atoms with Gasteiger partial charge in [0.05, 0.1) is 17.9 Å². The van der Waals surface area contributed by atoms with Gasteiger partial charge in [0, 0.05) is 24.5 Å². The monoisotopic (exact) mass is 276 g/mol. The van der Waals surface area contributed by atoms with E-state index in [9.17, 15) is 4.39 Å². The Kier molecular flexibility index (Phi) is 4.49. The number of nitrogens with one attached hydrogen (secondary N) is 1. The summed E-state index contributed by atoms with van der Waals surface area (Å²) in [6, 6.07) is 1.46. The molecule has 0 aliphatic carbocycles. The van der Waals surface area contributed by atoms with Crippen LogP contribution in [0.3, 0.4) is 0 Å². The Bertz CT molecular complexity index is 592. The van der Waals surface area contributed by atoms with Gasteiger partial charge in [-0.25, -0.2) is 4.39 Å². The zero-order valence-corrected chi connectivity index (χ0v) is 12.4. The smallest absolute Gasteiger partial charge is 0.141 e. The lowest BCUT2D eigenvalue weighted by atomic mass is 9.98. The van der Waals surface area contributed by atoms with Crippen molar-refractivity contribution in [2.75, 3.05) is 6.54 Å². The molecule has 0 radical (unpaired) electrons. The van der Waals surface area contributed by atoms with Crippen LogP contribution < -0.4 is 5.32 Å². The first-order valence-corrected chi connectivity index (χ1v) is 6.88. The van der Waals surface area contributed by atoms with Crippen molar-refractivity contribution < 1.29 is 4.39 Å². The molecule has 2 aromatic rings. The number of pyridine rings is 1. The molecule has 108 valence electrons. The molecule has 0 saturated carbocycles. The number of halogens is 1. The molecule has 2 rings (SSSR count). The van der Waals surface area contributed by atoms with Gasteiger partial charge in [0.1, 0.15) is 5.82 Å². The summed E-state index contributed by atoms with van der Waals surface area (Å²) in [5.74, 6) is -0.315. The molecule has 20 heavy (non-hydrogen) atoms. The summed E-state index contributed by atoms with van der Waals surface area (Å²) in [5, 5.41) is 7.91. The first kappa shape index (κ1) is 14.7. The van der Waals surface area contributed by atoms with Gasteiger partial charge in [0.15, 0.2) is 0 Å². The Morgan fingerprint density at radius 2 is 2.10 bits per heavy atom. The first-order valence-electron chi connectivity index (χ1n) is 6.88. The van der Waals surface area contributed by atoms with Gasteiger partial charge in [-0.1, -0.05) is 6.92 Å². The topological polar surface area (TPSA) is 42.7 Å². The van der Waals surface area contributed by atoms with Crippen molar-refractivity contribution in [1.82, 2.24) is 20.1 Å². The molecule has 0 amide bonds. The van der Waals surface area contributed by atoms with Crippen LogP contribution in [0.15, 0.2) is 18.5 Å². The minimum atomic E-state index is -0.315. The van der Waals surface area contributed by atoms with Gasteiger partial charge in [-0.05, 0) is 38.4 Å². The van der Waals surface area contributed by atoms with Crippen molar-refractivity contribution in [3.8, 4) is 0 Å². The summed E-state index contributed by atoms with van der Waals surface area (Å²) in [6.45, 7) is 6.98. The van der Waals surface area contributed by atoms with Crippen molar-refractivity contribution in [1.29, 1.82) is 0 Å². The van der Waals surface area contributed by atoms with Gasteiger partial charge in [-0.3, -0.25) is 9.67 Å². The molecule has 5 heteroatoms. The largest absolute Gasteiger partial charge is 0.306 e. The molecule has 1 atom stereocenters. The van der Waals surface area contributed by atoms with Gasteiger partial charge >= 0.3 is 0 Å². The van der Waals surface area contributed by atoms with Crippen LogP contribution in [0.25, 0.3) is 0 Å². The summed E-state index contributed by atoms with van der Waals surface area (Å²) in [4.78, 5) is 3.96. The van der Waals surface area contributed by atoms with E-state index >= 15 is 0 Å². The summed E-state index contributed by atoms with van der Waals surface area (Å²) in [5.41, 5.74) is 3.98. The van der Waals surface area contributed by atoms with Crippen LogP contribution in [-0.2, 0) is 7.05 Å². The second kappa shape index (κ2) is 6.13. The third-order valence-electron chi connectivity index (χ3n) is 3.51. The molecule has 1 unspecified atom stereocenters. The van der Waals surface area contributed by atoms with E-state index in [1.54, 1.807) is 6.20 Å². The molecule has 0 saturated heterocycles. The molecule has 2 aromatic heterocycles. The van der Waals surface area contributed by atoms with Gasteiger partial charge in [0.2, 0.25) is 0 Å². The van der Waals surface area contributed by atoms with Crippen LogP contribution >= 0.6 is 0 Å². The fourth-order valence-corrected chi connectivity index (χ4v) is 2.47. The van der Waals surface area contributed by atoms with Crippen LogP contribution in [0.1, 0.15) is 41.9 Å². The van der Waals surface area contributed by atoms with Crippen LogP contribution in [0.2, 0.25) is 0 Å². The number of aryl methyl sites for hydroxylation is 2. The van der Waals surface area contributed by atoms with E-state index in [0.717, 1.165) is 35.5 Å². The van der Waals surface area contributed by atoms with E-state index in [0.29, 0.717) is 0 Å². The normalized spacial score (nSPS) is 12.7. The summed E-state index contributed by atoms with van der Waals surface area (Å²) in [7, 11) is 1.92. The Labute approximate surface area is 119 Å². The maximum atomic E-state index is 13.5. The Balaban J connectivity index is 2.47. The predicted molar refractivity (Wildman–Crippen MR) is 77.0 cm³/mol. The van der Waals surface area contributed by atoms with Crippen molar-refractivity contribution in [3.63, 3.8) is 0 Å². The molecule has 0 fully saturated rings. The molecule has 0 aliphatic heterocycles. The summed E-state index contributed by atoms with van der Waals surface area (Å²) < 4.78 is 15.3. The summed E-state index contributed by atoms with van der Waals surface area (Å²) in [6.07, 6.45) is 3.95. The second-order valence-corrected chi connectivity index (χ2v) is 5.03. The zero-order valence-electron chi connectivity index (χ0n) is 12.4. The lowest BCUT2D eigenvalue weighted by Gasteiger charge is -2.19. The lowest BCUT2D eigenvalue weighted by Crippen LogP contribution is -2.24. The van der Waals surface area contributed by atoms with Gasteiger partial charge in [-0.2, -0.15) is 5.10 Å². The van der Waals surface area contributed by atoms with Gasteiger partial charge < -0.3 is 5.32 Å². The minimum absolute atomic E-state index is 0.0770. The molecular formula is C15H21FN4. The van der Waals surface area contributed by atoms with Crippen molar-refractivity contribution >= 4 is 0 Å². The molecule has 0 aromatic carbocycles. The van der Waals surface area contributed by atoms with Crippen molar-refractivity contribution in [2.24, 2.45) is 7.05 Å². The highest BCUT2D eigenvalue weighted by Gasteiger charge is 2.22. The third-order valence-corrected chi connectivity index (χ3v) is 3.51. The number of hydrogen-bond acceptors (Lipinski definition) is 3. The molecule has 0 aliphatic rings. The van der Waals surface area contributed by atoms with E-state index in [-0.39, 0.29) is 11.9 Å². The molecule has 0 bridgehead atoms. The molecule has 2 heterocycles. The quantitative estimate of drug-likeness (QED) is 0.913. The minimum Gasteiger partial charge on any atom is -0.306 e. The highest BCUT2D eigenvalue weighted by Crippen LogP contribution is 2.27. The Morgan fingerprint density at radius 3 is 2.65 bits per heavy atom. The maximum absolute atomic E-state index is 13.5. The highest BCUT2D eigenvalue weighted by molar-refractivity contribution is 5.36. The number of rotatable bonds is 5. The standard InChI is InChI=1S/C15H21FN4/c1-5-6-18-15(12-7-13(16)9-17-8-12)14-10(2)19-20(4)11(14)3/h7-9,15,18H,5-6H2,1-4H3. The van der Waals surface area contributed by atoms with E-state index in [1.165, 1.54) is 12.3 Å². The van der Waals surface area contributed by atoms with E-state index in [4.69, 9.17) is 0 Å². The molecule has 0 spiro atoms. The number of hydrogen-bond donors (Lipinski definition) is 1. The molecule has 4 nitrogen and oxygen atoms in total. The third kappa shape index (κ3) is 2.88. The Morgan fingerprint density at radius 1 is 1.35 bits per heavy atom. The van der Waals surface area contributed by atoms with Crippen LogP contribution in [0.4, 0.5) is 4.39 Å². The number of aromatic nitrogens is 3. The predicted octanol–water partition coefficient (Wildman–Crippen LogP) is 2.66. The maximum Gasteiger partial charge on any atom is 0.141 e. The fourth-order valence-electron chi connectivity index (χ4n) is 2.47. The van der Waals surface area contributed by atoms with E-state index < -0.39 is 0 Å². The SMILES string of the molecule is CCCNC(c1cncc(F)c1)c1c(C)nn(C)c1C. The Hall–Kier alpha value is -1.75. The fraction of sp³-hybridized carbons (Fsp3) is 0.467. The average molecular weight is 276 g/mol. The number of nitrogens with zero attached hydrogens (tertiary/aromatic N) is 3.